The molecule has 0 saturated carbocycles. The number of benzene rings is 1. The van der Waals surface area contributed by atoms with Crippen LogP contribution in [0.1, 0.15) is 24.5 Å². The van der Waals surface area contributed by atoms with Crippen molar-refractivity contribution in [3.63, 3.8) is 0 Å². The summed E-state index contributed by atoms with van der Waals surface area (Å²) in [4.78, 5) is 0. The molecule has 0 fully saturated rings. The molecule has 0 bridgehead atoms. The summed E-state index contributed by atoms with van der Waals surface area (Å²) in [5, 5.41) is 3.08. The number of rotatable bonds is 4. The molecule has 2 heteroatoms. The van der Waals surface area contributed by atoms with Gasteiger partial charge in [-0.25, -0.2) is 0 Å². The molecule has 76 valence electrons. The number of nitrogens with two attached hydrogens (primary N) is 1. The lowest BCUT2D eigenvalue weighted by Crippen LogP contribution is -2.08. The smallest absolute Gasteiger partial charge is 0.0930 e. The number of anilines is 1. The van der Waals surface area contributed by atoms with Crippen molar-refractivity contribution in [2.45, 2.75) is 26.7 Å². The molecule has 1 aromatic rings. The highest BCUT2D eigenvalue weighted by molar-refractivity contribution is 5.56. The van der Waals surface area contributed by atoms with Crippen molar-refractivity contribution in [3.8, 4) is 0 Å². The van der Waals surface area contributed by atoms with Crippen molar-refractivity contribution in [2.24, 2.45) is 5.73 Å². The van der Waals surface area contributed by atoms with Gasteiger partial charge in [-0.2, -0.15) is 0 Å². The van der Waals surface area contributed by atoms with Crippen LogP contribution in [0, 0.1) is 6.92 Å². The second kappa shape index (κ2) is 4.70. The van der Waals surface area contributed by atoms with Crippen LogP contribution in [-0.2, 0) is 6.42 Å². The van der Waals surface area contributed by atoms with E-state index < -0.39 is 0 Å². The minimum absolute atomic E-state index is 0.493. The monoisotopic (exact) mass is 190 g/mol. The molecule has 0 heterocycles. The van der Waals surface area contributed by atoms with E-state index in [1.807, 2.05) is 0 Å². The van der Waals surface area contributed by atoms with Crippen molar-refractivity contribution in [3.05, 3.63) is 41.7 Å². The fraction of sp³-hybridized carbons (Fsp3) is 0.333. The van der Waals surface area contributed by atoms with Gasteiger partial charge in [0.2, 0.25) is 0 Å². The first-order valence-electron chi connectivity index (χ1n) is 4.94. The Morgan fingerprint density at radius 1 is 1.50 bits per heavy atom. The van der Waals surface area contributed by atoms with Crippen LogP contribution in [0.4, 0.5) is 5.69 Å². The Morgan fingerprint density at radius 3 is 2.79 bits per heavy atom. The molecule has 0 unspecified atom stereocenters. The summed E-state index contributed by atoms with van der Waals surface area (Å²) in [5.41, 5.74) is 9.14. The van der Waals surface area contributed by atoms with Crippen LogP contribution < -0.4 is 11.1 Å². The van der Waals surface area contributed by atoms with Crippen molar-refractivity contribution < 1.29 is 0 Å². The Hall–Kier alpha value is -1.44. The lowest BCUT2D eigenvalue weighted by Gasteiger charge is -2.11. The van der Waals surface area contributed by atoms with Gasteiger partial charge in [-0.3, -0.25) is 0 Å². The summed E-state index contributed by atoms with van der Waals surface area (Å²) in [5.74, 6) is 0.493. The first-order chi connectivity index (χ1) is 6.63. The number of aryl methyl sites for hydroxylation is 2. The fourth-order valence-corrected chi connectivity index (χ4v) is 1.47. The highest BCUT2D eigenvalue weighted by atomic mass is 15.0. The molecule has 0 radical (unpaired) electrons. The highest BCUT2D eigenvalue weighted by Crippen LogP contribution is 2.19. The topological polar surface area (TPSA) is 38.0 Å². The first-order valence-corrected chi connectivity index (χ1v) is 4.94. The summed E-state index contributed by atoms with van der Waals surface area (Å²) in [6.07, 6.45) is 2.20. The first kappa shape index (κ1) is 10.6. The molecule has 0 saturated heterocycles. The zero-order valence-corrected chi connectivity index (χ0v) is 8.93. The Kier molecular flexibility index (Phi) is 3.57. The fourth-order valence-electron chi connectivity index (χ4n) is 1.47. The number of hydrogen-bond acceptors (Lipinski definition) is 2. The molecule has 0 aromatic heterocycles. The predicted molar refractivity (Wildman–Crippen MR) is 62.1 cm³/mol. The maximum Gasteiger partial charge on any atom is 0.0930 e. The molecular formula is C12H18N2. The number of hydrogen-bond donors (Lipinski definition) is 2. The van der Waals surface area contributed by atoms with E-state index in [0.717, 1.165) is 18.5 Å². The molecule has 0 aliphatic heterocycles. The van der Waals surface area contributed by atoms with Gasteiger partial charge >= 0.3 is 0 Å². The van der Waals surface area contributed by atoms with Crippen LogP contribution in [-0.4, -0.2) is 0 Å². The van der Waals surface area contributed by atoms with E-state index >= 15 is 0 Å². The van der Waals surface area contributed by atoms with Crippen LogP contribution in [0.5, 0.6) is 0 Å². The molecule has 2 nitrogen and oxygen atoms in total. The molecule has 0 spiro atoms. The van der Waals surface area contributed by atoms with Crippen LogP contribution in [0.2, 0.25) is 0 Å². The minimum atomic E-state index is 0.493. The maximum atomic E-state index is 5.53. The third-order valence-corrected chi connectivity index (χ3v) is 2.08. The van der Waals surface area contributed by atoms with Gasteiger partial charge in [0.1, 0.15) is 0 Å². The van der Waals surface area contributed by atoms with Crippen molar-refractivity contribution in [2.75, 3.05) is 5.32 Å². The molecule has 14 heavy (non-hydrogen) atoms. The summed E-state index contributed by atoms with van der Waals surface area (Å²) < 4.78 is 0. The zero-order chi connectivity index (χ0) is 10.6. The summed E-state index contributed by atoms with van der Waals surface area (Å²) in [6.45, 7) is 7.89. The van der Waals surface area contributed by atoms with Gasteiger partial charge in [-0.15, -0.1) is 0 Å². The number of nitrogens with one attached hydrogen (secondary N) is 1. The van der Waals surface area contributed by atoms with Crippen molar-refractivity contribution >= 4 is 5.69 Å². The van der Waals surface area contributed by atoms with Crippen LogP contribution in [0.25, 0.3) is 0 Å². The minimum Gasteiger partial charge on any atom is -0.386 e. The lowest BCUT2D eigenvalue weighted by atomic mass is 10.1. The molecule has 0 amide bonds. The SMILES string of the molecule is C=C(N)Nc1cc(C)ccc1CCC. The Balaban J connectivity index is 2.96. The zero-order valence-electron chi connectivity index (χ0n) is 8.93. The van der Waals surface area contributed by atoms with E-state index in [2.05, 4.69) is 43.9 Å². The molecule has 1 aromatic carbocycles. The second-order valence-electron chi connectivity index (χ2n) is 3.56. The second-order valence-corrected chi connectivity index (χ2v) is 3.56. The summed E-state index contributed by atoms with van der Waals surface area (Å²) in [7, 11) is 0. The molecule has 0 aliphatic carbocycles. The highest BCUT2D eigenvalue weighted by Gasteiger charge is 2.01. The predicted octanol–water partition coefficient (Wildman–Crippen LogP) is 2.79. The van der Waals surface area contributed by atoms with Gasteiger partial charge in [-0.05, 0) is 30.5 Å². The van der Waals surface area contributed by atoms with E-state index in [4.69, 9.17) is 5.73 Å². The summed E-state index contributed by atoms with van der Waals surface area (Å²) >= 11 is 0. The van der Waals surface area contributed by atoms with Gasteiger partial charge in [-0.1, -0.05) is 32.1 Å². The van der Waals surface area contributed by atoms with E-state index in [-0.39, 0.29) is 0 Å². The third kappa shape index (κ3) is 2.80. The van der Waals surface area contributed by atoms with Gasteiger partial charge in [0, 0.05) is 5.69 Å². The average Bonchev–Trinajstić information content (AvgIpc) is 2.09. The van der Waals surface area contributed by atoms with E-state index in [1.165, 1.54) is 11.1 Å². The molecule has 0 atom stereocenters. The Labute approximate surface area is 85.8 Å². The van der Waals surface area contributed by atoms with Gasteiger partial charge in [0.25, 0.3) is 0 Å². The van der Waals surface area contributed by atoms with Crippen LogP contribution in [0.15, 0.2) is 30.6 Å². The molecular weight excluding hydrogens is 172 g/mol. The maximum absolute atomic E-state index is 5.53. The van der Waals surface area contributed by atoms with Crippen LogP contribution >= 0.6 is 0 Å². The van der Waals surface area contributed by atoms with Gasteiger partial charge < -0.3 is 11.1 Å². The molecule has 0 aliphatic rings. The van der Waals surface area contributed by atoms with Gasteiger partial charge in [0.05, 0.1) is 5.82 Å². The van der Waals surface area contributed by atoms with Crippen molar-refractivity contribution in [1.29, 1.82) is 0 Å². The van der Waals surface area contributed by atoms with Crippen LogP contribution in [0.3, 0.4) is 0 Å². The summed E-state index contributed by atoms with van der Waals surface area (Å²) in [6, 6.07) is 6.36. The lowest BCUT2D eigenvalue weighted by molar-refractivity contribution is 0.922. The van der Waals surface area contributed by atoms with E-state index in [9.17, 15) is 0 Å². The van der Waals surface area contributed by atoms with Gasteiger partial charge in [0.15, 0.2) is 0 Å². The standard InChI is InChI=1S/C12H18N2/c1-4-5-11-7-6-9(2)8-12(11)14-10(3)13/h6-8,14H,3-5,13H2,1-2H3. The Morgan fingerprint density at radius 2 is 2.21 bits per heavy atom. The third-order valence-electron chi connectivity index (χ3n) is 2.08. The van der Waals surface area contributed by atoms with Crippen molar-refractivity contribution in [1.82, 2.24) is 0 Å². The Bertz CT molecular complexity index is 329. The average molecular weight is 190 g/mol. The quantitative estimate of drug-likeness (QED) is 0.766. The molecule has 1 rings (SSSR count). The molecule has 3 N–H and O–H groups in total. The van der Waals surface area contributed by atoms with E-state index in [1.54, 1.807) is 0 Å². The normalized spacial score (nSPS) is 9.86. The largest absolute Gasteiger partial charge is 0.386 e. The van der Waals surface area contributed by atoms with E-state index in [0.29, 0.717) is 5.82 Å².